The first-order valence-electron chi connectivity index (χ1n) is 6.52. The van der Waals surface area contributed by atoms with Gasteiger partial charge in [0.05, 0.1) is 22.5 Å². The Morgan fingerprint density at radius 1 is 1.18 bits per heavy atom. The van der Waals surface area contributed by atoms with Gasteiger partial charge in [-0.15, -0.1) is 9.33 Å². The summed E-state index contributed by atoms with van der Waals surface area (Å²) in [6.07, 6.45) is 5.03. The predicted molar refractivity (Wildman–Crippen MR) is 93.2 cm³/mol. The van der Waals surface area contributed by atoms with Crippen LogP contribution in [0.5, 0.6) is 0 Å². The molecule has 1 aliphatic rings. The summed E-state index contributed by atoms with van der Waals surface area (Å²) in [5.41, 5.74) is 0.326. The molecule has 5 nitrogen and oxygen atoms in total. The van der Waals surface area contributed by atoms with Crippen molar-refractivity contribution in [3.05, 3.63) is 68.6 Å². The number of rotatable bonds is 1. The third kappa shape index (κ3) is 1.89. The highest BCUT2D eigenvalue weighted by Crippen LogP contribution is 2.48. The van der Waals surface area contributed by atoms with Gasteiger partial charge in [-0.05, 0) is 26.3 Å². The Morgan fingerprint density at radius 3 is 2.86 bits per heavy atom. The molecule has 0 aliphatic carbocycles. The van der Waals surface area contributed by atoms with E-state index in [0.29, 0.717) is 16.3 Å². The number of nitrogens with zero attached hydrogens (tertiary/aromatic N) is 2. The van der Waals surface area contributed by atoms with Crippen molar-refractivity contribution in [2.45, 2.75) is 4.90 Å². The molecule has 110 valence electrons. The van der Waals surface area contributed by atoms with Gasteiger partial charge in [0.2, 0.25) is 0 Å². The summed E-state index contributed by atoms with van der Waals surface area (Å²) in [6, 6.07) is 7.54. The molecule has 0 bridgehead atoms. The molecule has 0 saturated heterocycles. The molecule has 2 aromatic heterocycles. The van der Waals surface area contributed by atoms with Crippen molar-refractivity contribution in [1.29, 1.82) is 0 Å². The van der Waals surface area contributed by atoms with Gasteiger partial charge in [0, 0.05) is 17.0 Å². The van der Waals surface area contributed by atoms with Crippen LogP contribution in [0.25, 0.3) is 22.5 Å². The zero-order valence-corrected chi connectivity index (χ0v) is 13.6. The summed E-state index contributed by atoms with van der Waals surface area (Å²) < 4.78 is 1.16. The minimum atomic E-state index is -0.856. The van der Waals surface area contributed by atoms with Gasteiger partial charge in [-0.25, -0.2) is 9.36 Å². The molecule has 22 heavy (non-hydrogen) atoms. The number of benzene rings is 1. The van der Waals surface area contributed by atoms with Crippen molar-refractivity contribution < 1.29 is 0 Å². The lowest BCUT2D eigenvalue weighted by Gasteiger charge is -2.11. The second kappa shape index (κ2) is 4.96. The average Bonchev–Trinajstić information content (AvgIpc) is 2.88. The number of halogens is 1. The van der Waals surface area contributed by atoms with Crippen LogP contribution in [0, 0.1) is 0 Å². The number of aromatic nitrogens is 3. The summed E-state index contributed by atoms with van der Waals surface area (Å²) in [5, 5.41) is 3.59. The first-order valence-corrected chi connectivity index (χ1v) is 9.95. The third-order valence-electron chi connectivity index (χ3n) is 3.58. The van der Waals surface area contributed by atoms with Crippen molar-refractivity contribution >= 4 is 41.0 Å². The zero-order valence-electron chi connectivity index (χ0n) is 11.2. The normalized spacial score (nSPS) is 17.8. The number of H-pyrrole nitrogens is 1. The van der Waals surface area contributed by atoms with Crippen molar-refractivity contribution in [3.63, 3.8) is 0 Å². The molecular formula is C15H10BrN3O2S. The first-order chi connectivity index (χ1) is 10.7. The number of fused-ring (bicyclic) bond motifs is 2. The predicted octanol–water partition coefficient (Wildman–Crippen LogP) is 2.73. The Kier molecular flexibility index (Phi) is 3.05. The summed E-state index contributed by atoms with van der Waals surface area (Å²) in [7, 11) is -0.856. The largest absolute Gasteiger partial charge is 0.333 e. The van der Waals surface area contributed by atoms with Crippen molar-refractivity contribution in [2.75, 3.05) is 0 Å². The maximum atomic E-state index is 12.8. The molecule has 1 N–H and O–H groups in total. The lowest BCUT2D eigenvalue weighted by molar-refractivity contribution is 0.835. The highest BCUT2D eigenvalue weighted by molar-refractivity contribution is 9.54. The molecule has 0 fully saturated rings. The Hall–Kier alpha value is -2.12. The summed E-state index contributed by atoms with van der Waals surface area (Å²) in [6.45, 7) is 0. The molecule has 3 heterocycles. The fourth-order valence-corrected chi connectivity index (χ4v) is 5.04. The standard InChI is InChI=1S/C15H10BrN3O2S/c16-22-6-5-11-13(22)14(20)19(15(21)18-11)12-8-17-7-9-3-1-2-4-10(9)12/h1-8,22H,(H,18,21). The van der Waals surface area contributed by atoms with Crippen LogP contribution in [0.2, 0.25) is 0 Å². The van der Waals surface area contributed by atoms with Gasteiger partial charge in [0.15, 0.2) is 0 Å². The Labute approximate surface area is 134 Å². The Morgan fingerprint density at radius 2 is 2.00 bits per heavy atom. The molecule has 0 amide bonds. The Bertz CT molecular complexity index is 1050. The molecule has 7 heteroatoms. The summed E-state index contributed by atoms with van der Waals surface area (Å²) in [5.74, 6) is 0. The van der Waals surface area contributed by atoms with Crippen LogP contribution >= 0.6 is 24.1 Å². The molecule has 4 rings (SSSR count). The fraction of sp³-hybridized carbons (Fsp3) is 0. The number of thiol groups is 1. The average molecular weight is 376 g/mol. The number of aromatic amines is 1. The van der Waals surface area contributed by atoms with E-state index in [1.54, 1.807) is 18.5 Å². The molecule has 1 aromatic carbocycles. The van der Waals surface area contributed by atoms with Crippen LogP contribution in [-0.4, -0.2) is 14.5 Å². The number of pyridine rings is 1. The molecule has 1 atom stereocenters. The number of hydrogen-bond donors (Lipinski definition) is 2. The van der Waals surface area contributed by atoms with E-state index >= 15 is 0 Å². The smallest absolute Gasteiger partial charge is 0.306 e. The van der Waals surface area contributed by atoms with Gasteiger partial charge in [0.25, 0.3) is 5.56 Å². The number of nitrogens with one attached hydrogen (secondary N) is 1. The van der Waals surface area contributed by atoms with Crippen LogP contribution in [0.3, 0.4) is 0 Å². The van der Waals surface area contributed by atoms with Gasteiger partial charge >= 0.3 is 5.69 Å². The van der Waals surface area contributed by atoms with Crippen LogP contribution in [0.15, 0.2) is 56.6 Å². The maximum absolute atomic E-state index is 12.8. The van der Waals surface area contributed by atoms with Crippen LogP contribution in [0.4, 0.5) is 0 Å². The van der Waals surface area contributed by atoms with Crippen molar-refractivity contribution in [2.24, 2.45) is 0 Å². The van der Waals surface area contributed by atoms with Crippen LogP contribution in [0.1, 0.15) is 5.69 Å². The van der Waals surface area contributed by atoms with Crippen molar-refractivity contribution in [3.8, 4) is 5.69 Å². The molecular weight excluding hydrogens is 366 g/mol. The van der Waals surface area contributed by atoms with E-state index < -0.39 is 15.0 Å². The first kappa shape index (κ1) is 13.5. The molecule has 0 spiro atoms. The van der Waals surface area contributed by atoms with Crippen LogP contribution < -0.4 is 11.2 Å². The second-order valence-corrected chi connectivity index (χ2v) is 8.50. The van der Waals surface area contributed by atoms with E-state index in [2.05, 4.69) is 24.8 Å². The lowest BCUT2D eigenvalue weighted by Crippen LogP contribution is -2.35. The molecule has 0 saturated carbocycles. The molecule has 0 radical (unpaired) electrons. The van der Waals surface area contributed by atoms with Crippen molar-refractivity contribution in [1.82, 2.24) is 14.5 Å². The minimum Gasteiger partial charge on any atom is -0.306 e. The van der Waals surface area contributed by atoms with E-state index in [9.17, 15) is 9.59 Å². The lowest BCUT2D eigenvalue weighted by atomic mass is 10.1. The summed E-state index contributed by atoms with van der Waals surface area (Å²) in [4.78, 5) is 32.7. The Balaban J connectivity index is 2.12. The zero-order chi connectivity index (χ0) is 15.3. The van der Waals surface area contributed by atoms with Gasteiger partial charge in [0.1, 0.15) is 0 Å². The van der Waals surface area contributed by atoms with Crippen LogP contribution in [-0.2, 0) is 0 Å². The molecule has 1 unspecified atom stereocenters. The number of hydrogen-bond acceptors (Lipinski definition) is 3. The highest BCUT2D eigenvalue weighted by atomic mass is 79.9. The second-order valence-electron chi connectivity index (χ2n) is 4.84. The quantitative estimate of drug-likeness (QED) is 0.642. The topological polar surface area (TPSA) is 67.8 Å². The van der Waals surface area contributed by atoms with Gasteiger partial charge < -0.3 is 4.98 Å². The van der Waals surface area contributed by atoms with E-state index in [1.165, 1.54) is 0 Å². The SMILES string of the molecule is O=c1[nH]c2c(c(=O)n1-c1cncc3ccccc13)[SH](Br)C=C2. The monoisotopic (exact) mass is 375 g/mol. The van der Waals surface area contributed by atoms with E-state index in [4.69, 9.17) is 0 Å². The van der Waals surface area contributed by atoms with E-state index in [1.807, 2.05) is 29.7 Å². The molecule has 3 aromatic rings. The maximum Gasteiger partial charge on any atom is 0.333 e. The van der Waals surface area contributed by atoms with Gasteiger partial charge in [-0.3, -0.25) is 9.78 Å². The molecule has 1 aliphatic heterocycles. The van der Waals surface area contributed by atoms with Gasteiger partial charge in [-0.1, -0.05) is 24.3 Å². The summed E-state index contributed by atoms with van der Waals surface area (Å²) >= 11 is 3.50. The highest BCUT2D eigenvalue weighted by Gasteiger charge is 2.21. The third-order valence-corrected chi connectivity index (χ3v) is 6.62. The van der Waals surface area contributed by atoms with Gasteiger partial charge in [-0.2, -0.15) is 0 Å². The fourth-order valence-electron chi connectivity index (χ4n) is 2.58. The van der Waals surface area contributed by atoms with E-state index in [0.717, 1.165) is 15.3 Å². The van der Waals surface area contributed by atoms with E-state index in [-0.39, 0.29) is 5.56 Å². The minimum absolute atomic E-state index is 0.301.